The number of hydrogen-bond donors (Lipinski definition) is 1. The van der Waals surface area contributed by atoms with Crippen molar-refractivity contribution < 1.29 is 19.4 Å². The van der Waals surface area contributed by atoms with Crippen LogP contribution in [0.3, 0.4) is 0 Å². The molecule has 0 spiro atoms. The van der Waals surface area contributed by atoms with Crippen LogP contribution in [0.4, 0.5) is 0 Å². The molecule has 2 aromatic carbocycles. The minimum atomic E-state index is -0.774. The van der Waals surface area contributed by atoms with Crippen molar-refractivity contribution in [1.82, 2.24) is 4.90 Å². The quantitative estimate of drug-likeness (QED) is 0.894. The average Bonchev–Trinajstić information content (AvgIpc) is 2.66. The van der Waals surface area contributed by atoms with Crippen LogP contribution in [0.2, 0.25) is 0 Å². The average molecular weight is 353 g/mol. The molecule has 0 bridgehead atoms. The normalized spacial score (nSPS) is 19.8. The number of amides is 1. The number of benzene rings is 2. The number of nitrogens with zero attached hydrogens (tertiary/aromatic N) is 1. The Morgan fingerprint density at radius 3 is 2.42 bits per heavy atom. The molecule has 1 saturated heterocycles. The lowest BCUT2D eigenvalue weighted by Crippen LogP contribution is -2.44. The molecule has 26 heavy (non-hydrogen) atoms. The van der Waals surface area contributed by atoms with Gasteiger partial charge in [-0.1, -0.05) is 37.3 Å². The standard InChI is InChI=1S/C21H23NO4/c1-15-13-22(12-11-19(15)21(24)25)20(23)17-7-9-18(10-8-17)26-14-16-5-3-2-4-6-16/h2-10,15,19H,11-14H2,1H3,(H,24,25). The van der Waals surface area contributed by atoms with Gasteiger partial charge in [0.05, 0.1) is 5.92 Å². The Morgan fingerprint density at radius 1 is 1.12 bits per heavy atom. The van der Waals surface area contributed by atoms with Gasteiger partial charge in [0.1, 0.15) is 12.4 Å². The molecule has 1 aliphatic rings. The third-order valence-electron chi connectivity index (χ3n) is 4.86. The molecule has 0 aliphatic carbocycles. The van der Waals surface area contributed by atoms with Gasteiger partial charge in [0, 0.05) is 18.7 Å². The predicted octanol–water partition coefficient (Wildman–Crippen LogP) is 3.45. The number of ether oxygens (including phenoxy) is 1. The number of carboxylic acids is 1. The zero-order valence-electron chi connectivity index (χ0n) is 14.8. The largest absolute Gasteiger partial charge is 0.489 e. The van der Waals surface area contributed by atoms with E-state index < -0.39 is 5.97 Å². The first-order chi connectivity index (χ1) is 12.5. The number of piperidine rings is 1. The molecule has 5 nitrogen and oxygen atoms in total. The number of hydrogen-bond acceptors (Lipinski definition) is 3. The first-order valence-corrected chi connectivity index (χ1v) is 8.83. The van der Waals surface area contributed by atoms with Crippen LogP contribution < -0.4 is 4.74 Å². The molecule has 2 aromatic rings. The van der Waals surface area contributed by atoms with Crippen molar-refractivity contribution in [3.8, 4) is 5.75 Å². The van der Waals surface area contributed by atoms with E-state index in [2.05, 4.69) is 0 Å². The zero-order valence-corrected chi connectivity index (χ0v) is 14.8. The minimum Gasteiger partial charge on any atom is -0.489 e. The van der Waals surface area contributed by atoms with Gasteiger partial charge in [0.2, 0.25) is 0 Å². The molecular weight excluding hydrogens is 330 g/mol. The second-order valence-electron chi connectivity index (χ2n) is 6.76. The summed E-state index contributed by atoms with van der Waals surface area (Å²) in [5.41, 5.74) is 1.68. The zero-order chi connectivity index (χ0) is 18.5. The summed E-state index contributed by atoms with van der Waals surface area (Å²) in [4.78, 5) is 25.6. The molecule has 5 heteroatoms. The summed E-state index contributed by atoms with van der Waals surface area (Å²) in [5, 5.41) is 9.20. The Labute approximate surface area is 153 Å². The van der Waals surface area contributed by atoms with Gasteiger partial charge in [0.15, 0.2) is 0 Å². The Hall–Kier alpha value is -2.82. The highest BCUT2D eigenvalue weighted by Gasteiger charge is 2.33. The van der Waals surface area contributed by atoms with Gasteiger partial charge in [-0.15, -0.1) is 0 Å². The highest BCUT2D eigenvalue weighted by Crippen LogP contribution is 2.25. The summed E-state index contributed by atoms with van der Waals surface area (Å²) >= 11 is 0. The maximum atomic E-state index is 12.7. The summed E-state index contributed by atoms with van der Waals surface area (Å²) in [6.07, 6.45) is 0.501. The van der Waals surface area contributed by atoms with Gasteiger partial charge < -0.3 is 14.7 Å². The Morgan fingerprint density at radius 2 is 1.81 bits per heavy atom. The Kier molecular flexibility index (Phi) is 5.56. The smallest absolute Gasteiger partial charge is 0.306 e. The van der Waals surface area contributed by atoms with Crippen LogP contribution in [0.15, 0.2) is 54.6 Å². The minimum absolute atomic E-state index is 0.0429. The van der Waals surface area contributed by atoms with E-state index in [0.29, 0.717) is 37.4 Å². The molecule has 1 aliphatic heterocycles. The van der Waals surface area contributed by atoms with E-state index >= 15 is 0 Å². The number of carbonyl (C=O) groups excluding carboxylic acids is 1. The molecular formula is C21H23NO4. The van der Waals surface area contributed by atoms with Crippen LogP contribution in [-0.2, 0) is 11.4 Å². The van der Waals surface area contributed by atoms with Crippen molar-refractivity contribution in [2.45, 2.75) is 20.0 Å². The van der Waals surface area contributed by atoms with Crippen molar-refractivity contribution in [3.63, 3.8) is 0 Å². The molecule has 1 heterocycles. The number of likely N-dealkylation sites (tertiary alicyclic amines) is 1. The van der Waals surface area contributed by atoms with E-state index in [-0.39, 0.29) is 17.7 Å². The first-order valence-electron chi connectivity index (χ1n) is 8.83. The lowest BCUT2D eigenvalue weighted by Gasteiger charge is -2.35. The van der Waals surface area contributed by atoms with Crippen molar-refractivity contribution in [1.29, 1.82) is 0 Å². The van der Waals surface area contributed by atoms with Crippen molar-refractivity contribution in [2.24, 2.45) is 11.8 Å². The van der Waals surface area contributed by atoms with Crippen LogP contribution in [0.5, 0.6) is 5.75 Å². The van der Waals surface area contributed by atoms with E-state index in [0.717, 1.165) is 5.56 Å². The second-order valence-corrected chi connectivity index (χ2v) is 6.76. The maximum Gasteiger partial charge on any atom is 0.306 e. The van der Waals surface area contributed by atoms with Crippen LogP contribution >= 0.6 is 0 Å². The van der Waals surface area contributed by atoms with E-state index in [1.807, 2.05) is 37.3 Å². The number of aliphatic carboxylic acids is 1. The predicted molar refractivity (Wildman–Crippen MR) is 98.0 cm³/mol. The fraction of sp³-hybridized carbons (Fsp3) is 0.333. The van der Waals surface area contributed by atoms with Gasteiger partial charge >= 0.3 is 5.97 Å². The van der Waals surface area contributed by atoms with Gasteiger partial charge in [-0.3, -0.25) is 9.59 Å². The molecule has 1 fully saturated rings. The molecule has 1 amide bonds. The fourth-order valence-electron chi connectivity index (χ4n) is 3.31. The number of rotatable bonds is 5. The highest BCUT2D eigenvalue weighted by molar-refractivity contribution is 5.94. The van der Waals surface area contributed by atoms with Crippen LogP contribution in [0, 0.1) is 11.8 Å². The third-order valence-corrected chi connectivity index (χ3v) is 4.86. The lowest BCUT2D eigenvalue weighted by molar-refractivity contribution is -0.145. The summed E-state index contributed by atoms with van der Waals surface area (Å²) in [7, 11) is 0. The first kappa shape index (κ1) is 18.0. The monoisotopic (exact) mass is 353 g/mol. The van der Waals surface area contributed by atoms with Crippen LogP contribution in [0.25, 0.3) is 0 Å². The van der Waals surface area contributed by atoms with E-state index in [4.69, 9.17) is 4.74 Å². The lowest BCUT2D eigenvalue weighted by atomic mass is 9.87. The second kappa shape index (κ2) is 8.04. The number of carboxylic acid groups (broad SMARTS) is 1. The van der Waals surface area contributed by atoms with Crippen LogP contribution in [-0.4, -0.2) is 35.0 Å². The summed E-state index contributed by atoms with van der Waals surface area (Å²) in [6, 6.07) is 17.0. The molecule has 0 saturated carbocycles. The molecule has 2 unspecified atom stereocenters. The van der Waals surface area contributed by atoms with Gasteiger partial charge in [-0.25, -0.2) is 0 Å². The fourth-order valence-corrected chi connectivity index (χ4v) is 3.31. The highest BCUT2D eigenvalue weighted by atomic mass is 16.5. The van der Waals surface area contributed by atoms with Gasteiger partial charge in [-0.2, -0.15) is 0 Å². The molecule has 0 radical (unpaired) electrons. The number of carbonyl (C=O) groups is 2. The van der Waals surface area contributed by atoms with E-state index in [9.17, 15) is 14.7 Å². The Balaban J connectivity index is 1.58. The van der Waals surface area contributed by atoms with E-state index in [1.165, 1.54) is 0 Å². The maximum absolute atomic E-state index is 12.7. The van der Waals surface area contributed by atoms with Gasteiger partial charge in [0.25, 0.3) is 5.91 Å². The van der Waals surface area contributed by atoms with Crippen molar-refractivity contribution in [3.05, 3.63) is 65.7 Å². The topological polar surface area (TPSA) is 66.8 Å². The molecule has 3 rings (SSSR count). The van der Waals surface area contributed by atoms with Crippen LogP contribution in [0.1, 0.15) is 29.3 Å². The van der Waals surface area contributed by atoms with Crippen molar-refractivity contribution in [2.75, 3.05) is 13.1 Å². The third kappa shape index (κ3) is 4.23. The Bertz CT molecular complexity index is 757. The molecule has 1 N–H and O–H groups in total. The van der Waals surface area contributed by atoms with E-state index in [1.54, 1.807) is 29.2 Å². The molecule has 0 aromatic heterocycles. The summed E-state index contributed by atoms with van der Waals surface area (Å²) in [6.45, 7) is 3.32. The SMILES string of the molecule is CC1CN(C(=O)c2ccc(OCc3ccccc3)cc2)CCC1C(=O)O. The summed E-state index contributed by atoms with van der Waals surface area (Å²) < 4.78 is 5.74. The van der Waals surface area contributed by atoms with Gasteiger partial charge in [-0.05, 0) is 42.2 Å². The summed E-state index contributed by atoms with van der Waals surface area (Å²) in [5.74, 6) is -0.533. The van der Waals surface area contributed by atoms with Crippen molar-refractivity contribution >= 4 is 11.9 Å². The molecule has 136 valence electrons. The molecule has 2 atom stereocenters.